The molecular formula is C8H7NO. The topological polar surface area (TPSA) is 21.6 Å². The fourth-order valence-electron chi connectivity index (χ4n) is 1.00. The molecule has 0 fully saturated rings. The van der Waals surface area contributed by atoms with Gasteiger partial charge in [0.25, 0.3) is 0 Å². The average Bonchev–Trinajstić information content (AvgIpc) is 2.05. The zero-order valence-electron chi connectivity index (χ0n) is 5.40. The standard InChI is InChI=1S/C8H7NO/c1-2-4-8-7(3-1)5-6-9-10-8/h1-6,8H. The lowest BCUT2D eigenvalue weighted by Gasteiger charge is -2.16. The van der Waals surface area contributed by atoms with Crippen LogP contribution in [0, 0.1) is 0 Å². The van der Waals surface area contributed by atoms with Gasteiger partial charge in [-0.3, -0.25) is 0 Å². The minimum Gasteiger partial charge on any atom is -0.383 e. The van der Waals surface area contributed by atoms with Crippen molar-refractivity contribution in [1.82, 2.24) is 0 Å². The van der Waals surface area contributed by atoms with Crippen molar-refractivity contribution in [2.24, 2.45) is 5.16 Å². The van der Waals surface area contributed by atoms with Gasteiger partial charge in [0, 0.05) is 5.57 Å². The van der Waals surface area contributed by atoms with Gasteiger partial charge in [-0.2, -0.15) is 0 Å². The molecule has 0 amide bonds. The molecule has 0 saturated heterocycles. The van der Waals surface area contributed by atoms with Gasteiger partial charge in [0.15, 0.2) is 6.10 Å². The maximum Gasteiger partial charge on any atom is 0.171 e. The number of hydrogen-bond acceptors (Lipinski definition) is 2. The highest BCUT2D eigenvalue weighted by Crippen LogP contribution is 2.16. The first-order valence-corrected chi connectivity index (χ1v) is 3.21. The molecular weight excluding hydrogens is 126 g/mol. The van der Waals surface area contributed by atoms with Crippen LogP contribution in [0.15, 0.2) is 41.1 Å². The largest absolute Gasteiger partial charge is 0.383 e. The minimum atomic E-state index is 0.0509. The Morgan fingerprint density at radius 1 is 1.40 bits per heavy atom. The van der Waals surface area contributed by atoms with Gasteiger partial charge >= 0.3 is 0 Å². The third kappa shape index (κ3) is 0.778. The zero-order chi connectivity index (χ0) is 6.81. The van der Waals surface area contributed by atoms with Gasteiger partial charge in [-0.05, 0) is 12.2 Å². The summed E-state index contributed by atoms with van der Waals surface area (Å²) in [6.45, 7) is 0. The van der Waals surface area contributed by atoms with E-state index in [0.717, 1.165) is 5.57 Å². The van der Waals surface area contributed by atoms with Crippen LogP contribution in [0.5, 0.6) is 0 Å². The van der Waals surface area contributed by atoms with Crippen molar-refractivity contribution in [2.45, 2.75) is 6.10 Å². The maximum absolute atomic E-state index is 5.04. The molecule has 0 aromatic rings. The monoisotopic (exact) mass is 133 g/mol. The highest BCUT2D eigenvalue weighted by Gasteiger charge is 2.13. The summed E-state index contributed by atoms with van der Waals surface area (Å²) >= 11 is 0. The van der Waals surface area contributed by atoms with Gasteiger partial charge in [0.1, 0.15) is 0 Å². The first kappa shape index (κ1) is 5.47. The molecule has 0 N–H and O–H groups in total. The first-order valence-electron chi connectivity index (χ1n) is 3.21. The van der Waals surface area contributed by atoms with E-state index in [1.165, 1.54) is 0 Å². The van der Waals surface area contributed by atoms with Crippen LogP contribution >= 0.6 is 0 Å². The average molecular weight is 133 g/mol. The third-order valence-electron chi connectivity index (χ3n) is 1.52. The van der Waals surface area contributed by atoms with E-state index in [0.29, 0.717) is 0 Å². The quantitative estimate of drug-likeness (QED) is 0.489. The molecule has 1 aliphatic heterocycles. The fourth-order valence-corrected chi connectivity index (χ4v) is 1.00. The maximum atomic E-state index is 5.04. The summed E-state index contributed by atoms with van der Waals surface area (Å²) in [4.78, 5) is 5.04. The van der Waals surface area contributed by atoms with E-state index in [4.69, 9.17) is 4.84 Å². The van der Waals surface area contributed by atoms with Gasteiger partial charge in [-0.1, -0.05) is 23.4 Å². The van der Waals surface area contributed by atoms with Crippen molar-refractivity contribution in [1.29, 1.82) is 0 Å². The number of hydrogen-bond donors (Lipinski definition) is 0. The van der Waals surface area contributed by atoms with E-state index in [2.05, 4.69) is 5.16 Å². The van der Waals surface area contributed by atoms with E-state index in [-0.39, 0.29) is 6.10 Å². The van der Waals surface area contributed by atoms with Gasteiger partial charge in [-0.25, -0.2) is 0 Å². The Labute approximate surface area is 59.2 Å². The van der Waals surface area contributed by atoms with E-state index < -0.39 is 0 Å². The van der Waals surface area contributed by atoms with E-state index >= 15 is 0 Å². The first-order chi connectivity index (χ1) is 4.97. The third-order valence-corrected chi connectivity index (χ3v) is 1.52. The summed E-state index contributed by atoms with van der Waals surface area (Å²) in [5.41, 5.74) is 1.16. The summed E-state index contributed by atoms with van der Waals surface area (Å²) in [5, 5.41) is 3.67. The van der Waals surface area contributed by atoms with Crippen molar-refractivity contribution >= 4 is 6.21 Å². The van der Waals surface area contributed by atoms with Crippen LogP contribution in [-0.4, -0.2) is 12.3 Å². The lowest BCUT2D eigenvalue weighted by molar-refractivity contribution is 0.117. The Bertz CT molecular complexity index is 248. The predicted octanol–water partition coefficient (Wildman–Crippen LogP) is 1.42. The molecule has 1 atom stereocenters. The normalized spacial score (nSPS) is 27.2. The van der Waals surface area contributed by atoms with Gasteiger partial charge in [0.05, 0.1) is 6.21 Å². The van der Waals surface area contributed by atoms with Crippen molar-refractivity contribution in [3.63, 3.8) is 0 Å². The van der Waals surface area contributed by atoms with Gasteiger partial charge < -0.3 is 4.84 Å². The molecule has 0 bridgehead atoms. The lowest BCUT2D eigenvalue weighted by Crippen LogP contribution is -2.13. The number of nitrogens with zero attached hydrogens (tertiary/aromatic N) is 1. The zero-order valence-corrected chi connectivity index (χ0v) is 5.40. The SMILES string of the molecule is C1=CC2=CC=NOC2C=C1. The van der Waals surface area contributed by atoms with Gasteiger partial charge in [-0.15, -0.1) is 0 Å². The summed E-state index contributed by atoms with van der Waals surface area (Å²) in [5.74, 6) is 0. The van der Waals surface area contributed by atoms with E-state index in [1.54, 1.807) is 6.21 Å². The minimum absolute atomic E-state index is 0.0509. The summed E-state index contributed by atoms with van der Waals surface area (Å²) in [6.07, 6.45) is 11.6. The van der Waals surface area contributed by atoms with Crippen LogP contribution in [0.1, 0.15) is 0 Å². The summed E-state index contributed by atoms with van der Waals surface area (Å²) in [6, 6.07) is 0. The summed E-state index contributed by atoms with van der Waals surface area (Å²) in [7, 11) is 0. The molecule has 0 aromatic heterocycles. The van der Waals surface area contributed by atoms with Gasteiger partial charge in [0.2, 0.25) is 0 Å². The highest BCUT2D eigenvalue weighted by atomic mass is 16.6. The Kier molecular flexibility index (Phi) is 1.17. The molecule has 1 aliphatic carbocycles. The second-order valence-corrected chi connectivity index (χ2v) is 2.19. The van der Waals surface area contributed by atoms with Crippen LogP contribution < -0.4 is 0 Å². The molecule has 0 aromatic carbocycles. The number of allylic oxidation sites excluding steroid dienone is 3. The van der Waals surface area contributed by atoms with Crippen LogP contribution in [0.25, 0.3) is 0 Å². The fraction of sp³-hybridized carbons (Fsp3) is 0.125. The van der Waals surface area contributed by atoms with Crippen LogP contribution in [0.2, 0.25) is 0 Å². The Hall–Kier alpha value is -1.31. The molecule has 10 heavy (non-hydrogen) atoms. The van der Waals surface area contributed by atoms with Crippen molar-refractivity contribution in [2.75, 3.05) is 0 Å². The Morgan fingerprint density at radius 3 is 3.30 bits per heavy atom. The Morgan fingerprint density at radius 2 is 2.40 bits per heavy atom. The van der Waals surface area contributed by atoms with Crippen LogP contribution in [-0.2, 0) is 4.84 Å². The smallest absolute Gasteiger partial charge is 0.171 e. The number of rotatable bonds is 0. The predicted molar refractivity (Wildman–Crippen MR) is 39.7 cm³/mol. The molecule has 0 radical (unpaired) electrons. The molecule has 1 heterocycles. The molecule has 1 unspecified atom stereocenters. The van der Waals surface area contributed by atoms with Crippen molar-refractivity contribution < 1.29 is 4.84 Å². The summed E-state index contributed by atoms with van der Waals surface area (Å²) < 4.78 is 0. The molecule has 0 spiro atoms. The molecule has 50 valence electrons. The number of fused-ring (bicyclic) bond motifs is 1. The lowest BCUT2D eigenvalue weighted by atomic mass is 10.0. The van der Waals surface area contributed by atoms with Crippen molar-refractivity contribution in [3.05, 3.63) is 36.0 Å². The second-order valence-electron chi connectivity index (χ2n) is 2.19. The van der Waals surface area contributed by atoms with Crippen LogP contribution in [0.4, 0.5) is 0 Å². The molecule has 2 nitrogen and oxygen atoms in total. The Balaban J connectivity index is 2.34. The molecule has 0 saturated carbocycles. The molecule has 2 rings (SSSR count). The second kappa shape index (κ2) is 2.14. The van der Waals surface area contributed by atoms with E-state index in [1.807, 2.05) is 30.4 Å². The van der Waals surface area contributed by atoms with Crippen molar-refractivity contribution in [3.8, 4) is 0 Å². The highest BCUT2D eigenvalue weighted by molar-refractivity contribution is 5.74. The van der Waals surface area contributed by atoms with Crippen LogP contribution in [0.3, 0.4) is 0 Å². The molecule has 2 heteroatoms. The number of oxime groups is 1. The van der Waals surface area contributed by atoms with E-state index in [9.17, 15) is 0 Å². The molecule has 2 aliphatic rings.